The number of fused-ring (bicyclic) bond motifs is 1. The standard InChI is InChI=1S/C15H12BrN3O2/c16-10-2-1-9(8-17)12(5-10)19-13-7-15-14(6-11(13)18)20-3-4-21-15/h1-2,5-7,19H,3-4,18H2. The van der Waals surface area contributed by atoms with E-state index in [-0.39, 0.29) is 0 Å². The van der Waals surface area contributed by atoms with Gasteiger partial charge in [-0.3, -0.25) is 0 Å². The molecule has 1 aliphatic rings. The van der Waals surface area contributed by atoms with Gasteiger partial charge in [0.1, 0.15) is 19.3 Å². The maximum absolute atomic E-state index is 9.17. The maximum Gasteiger partial charge on any atom is 0.163 e. The fourth-order valence-corrected chi connectivity index (χ4v) is 2.44. The van der Waals surface area contributed by atoms with Crippen molar-refractivity contribution in [3.05, 3.63) is 40.4 Å². The van der Waals surface area contributed by atoms with Crippen LogP contribution in [0.4, 0.5) is 17.1 Å². The van der Waals surface area contributed by atoms with E-state index in [0.29, 0.717) is 47.3 Å². The summed E-state index contributed by atoms with van der Waals surface area (Å²) in [7, 11) is 0. The molecule has 0 spiro atoms. The van der Waals surface area contributed by atoms with Crippen molar-refractivity contribution in [3.8, 4) is 17.6 Å². The van der Waals surface area contributed by atoms with E-state index >= 15 is 0 Å². The van der Waals surface area contributed by atoms with E-state index in [1.54, 1.807) is 18.2 Å². The van der Waals surface area contributed by atoms with Crippen LogP contribution in [-0.2, 0) is 0 Å². The third-order valence-corrected chi connectivity index (χ3v) is 3.58. The van der Waals surface area contributed by atoms with Crippen molar-refractivity contribution in [2.45, 2.75) is 0 Å². The molecule has 0 aromatic heterocycles. The molecule has 0 amide bonds. The lowest BCUT2D eigenvalue weighted by atomic mass is 10.1. The highest BCUT2D eigenvalue weighted by Gasteiger charge is 2.15. The molecule has 106 valence electrons. The molecule has 0 unspecified atom stereocenters. The Morgan fingerprint density at radius 1 is 1.10 bits per heavy atom. The van der Waals surface area contributed by atoms with Crippen LogP contribution < -0.4 is 20.5 Å². The number of rotatable bonds is 2. The van der Waals surface area contributed by atoms with Crippen molar-refractivity contribution in [3.63, 3.8) is 0 Å². The number of benzene rings is 2. The average molecular weight is 346 g/mol. The Morgan fingerprint density at radius 3 is 2.52 bits per heavy atom. The number of halogens is 1. The Kier molecular flexibility index (Phi) is 3.59. The lowest BCUT2D eigenvalue weighted by Gasteiger charge is -2.20. The molecule has 0 radical (unpaired) electrons. The van der Waals surface area contributed by atoms with Crippen LogP contribution in [0.5, 0.6) is 11.5 Å². The van der Waals surface area contributed by atoms with Crippen LogP contribution in [0, 0.1) is 11.3 Å². The molecule has 21 heavy (non-hydrogen) atoms. The molecule has 0 bridgehead atoms. The monoisotopic (exact) mass is 345 g/mol. The second-order valence-corrected chi connectivity index (χ2v) is 5.43. The van der Waals surface area contributed by atoms with Crippen molar-refractivity contribution >= 4 is 33.0 Å². The number of ether oxygens (including phenoxy) is 2. The normalized spacial score (nSPS) is 12.6. The molecule has 0 fully saturated rings. The minimum absolute atomic E-state index is 0.511. The predicted molar refractivity (Wildman–Crippen MR) is 84.0 cm³/mol. The minimum Gasteiger partial charge on any atom is -0.486 e. The molecule has 0 saturated carbocycles. The number of nitrogens with one attached hydrogen (secondary N) is 1. The number of hydrogen-bond acceptors (Lipinski definition) is 5. The molecule has 6 heteroatoms. The fraction of sp³-hybridized carbons (Fsp3) is 0.133. The number of nitriles is 1. The summed E-state index contributed by atoms with van der Waals surface area (Å²) in [5.41, 5.74) is 8.45. The number of nitrogens with zero attached hydrogens (tertiary/aromatic N) is 1. The van der Waals surface area contributed by atoms with Gasteiger partial charge in [0, 0.05) is 16.6 Å². The molecule has 0 atom stereocenters. The fourth-order valence-electron chi connectivity index (χ4n) is 2.08. The van der Waals surface area contributed by atoms with Crippen molar-refractivity contribution in [2.24, 2.45) is 0 Å². The largest absolute Gasteiger partial charge is 0.486 e. The van der Waals surface area contributed by atoms with Gasteiger partial charge >= 0.3 is 0 Å². The third-order valence-electron chi connectivity index (χ3n) is 3.09. The Morgan fingerprint density at radius 2 is 1.81 bits per heavy atom. The van der Waals surface area contributed by atoms with Gasteiger partial charge in [-0.15, -0.1) is 0 Å². The van der Waals surface area contributed by atoms with E-state index in [1.165, 1.54) is 0 Å². The summed E-state index contributed by atoms with van der Waals surface area (Å²) in [4.78, 5) is 0. The second-order valence-electron chi connectivity index (χ2n) is 4.51. The quantitative estimate of drug-likeness (QED) is 0.815. The lowest BCUT2D eigenvalue weighted by molar-refractivity contribution is 0.172. The predicted octanol–water partition coefficient (Wildman–Crippen LogP) is 3.42. The van der Waals surface area contributed by atoms with Crippen LogP contribution in [-0.4, -0.2) is 13.2 Å². The smallest absolute Gasteiger partial charge is 0.163 e. The number of anilines is 3. The summed E-state index contributed by atoms with van der Waals surface area (Å²) in [6.45, 7) is 1.03. The summed E-state index contributed by atoms with van der Waals surface area (Å²) < 4.78 is 11.9. The van der Waals surface area contributed by atoms with E-state index in [0.717, 1.165) is 4.47 Å². The van der Waals surface area contributed by atoms with Crippen LogP contribution in [0.25, 0.3) is 0 Å². The van der Waals surface area contributed by atoms with Crippen molar-refractivity contribution in [2.75, 3.05) is 24.3 Å². The summed E-state index contributed by atoms with van der Waals surface area (Å²) in [6.07, 6.45) is 0. The molecule has 0 saturated heterocycles. The van der Waals surface area contributed by atoms with Gasteiger partial charge in [-0.1, -0.05) is 15.9 Å². The van der Waals surface area contributed by atoms with Crippen LogP contribution in [0.3, 0.4) is 0 Å². The van der Waals surface area contributed by atoms with Crippen molar-refractivity contribution < 1.29 is 9.47 Å². The van der Waals surface area contributed by atoms with Gasteiger partial charge in [-0.2, -0.15) is 5.26 Å². The first-order valence-electron chi connectivity index (χ1n) is 6.33. The minimum atomic E-state index is 0.511. The molecular weight excluding hydrogens is 334 g/mol. The first kappa shape index (κ1) is 13.6. The van der Waals surface area contributed by atoms with Gasteiger partial charge in [0.2, 0.25) is 0 Å². The van der Waals surface area contributed by atoms with Gasteiger partial charge in [0.15, 0.2) is 11.5 Å². The Balaban J connectivity index is 1.99. The molecule has 0 aliphatic carbocycles. The maximum atomic E-state index is 9.17. The van der Waals surface area contributed by atoms with Gasteiger partial charge in [-0.25, -0.2) is 0 Å². The van der Waals surface area contributed by atoms with E-state index in [4.69, 9.17) is 20.5 Å². The van der Waals surface area contributed by atoms with Crippen LogP contribution in [0.1, 0.15) is 5.56 Å². The summed E-state index contributed by atoms with van der Waals surface area (Å²) in [5.74, 6) is 1.28. The topological polar surface area (TPSA) is 80.3 Å². The number of nitrogens with two attached hydrogens (primary N) is 1. The van der Waals surface area contributed by atoms with Gasteiger partial charge in [0.05, 0.1) is 22.6 Å². The lowest BCUT2D eigenvalue weighted by Crippen LogP contribution is -2.15. The van der Waals surface area contributed by atoms with Gasteiger partial charge in [0.25, 0.3) is 0 Å². The van der Waals surface area contributed by atoms with Crippen molar-refractivity contribution in [1.29, 1.82) is 5.26 Å². The Bertz CT molecular complexity index is 740. The highest BCUT2D eigenvalue weighted by atomic mass is 79.9. The zero-order valence-electron chi connectivity index (χ0n) is 11.0. The van der Waals surface area contributed by atoms with Crippen molar-refractivity contribution in [1.82, 2.24) is 0 Å². The summed E-state index contributed by atoms with van der Waals surface area (Å²) in [5, 5.41) is 12.3. The highest BCUT2D eigenvalue weighted by molar-refractivity contribution is 9.10. The number of hydrogen-bond donors (Lipinski definition) is 2. The summed E-state index contributed by atoms with van der Waals surface area (Å²) >= 11 is 3.39. The molecular formula is C15H12BrN3O2. The highest BCUT2D eigenvalue weighted by Crippen LogP contribution is 2.38. The first-order chi connectivity index (χ1) is 10.2. The van der Waals surface area contributed by atoms with Gasteiger partial charge in [-0.05, 0) is 18.2 Å². The molecule has 5 nitrogen and oxygen atoms in total. The van der Waals surface area contributed by atoms with Crippen LogP contribution >= 0.6 is 15.9 Å². The molecule has 1 aliphatic heterocycles. The van der Waals surface area contributed by atoms with E-state index in [1.807, 2.05) is 12.1 Å². The second kappa shape index (κ2) is 5.54. The average Bonchev–Trinajstić information content (AvgIpc) is 2.48. The molecule has 2 aromatic rings. The van der Waals surface area contributed by atoms with E-state index < -0.39 is 0 Å². The van der Waals surface area contributed by atoms with Gasteiger partial charge < -0.3 is 20.5 Å². The zero-order valence-corrected chi connectivity index (χ0v) is 12.6. The first-order valence-corrected chi connectivity index (χ1v) is 7.12. The van der Waals surface area contributed by atoms with Crippen LogP contribution in [0.15, 0.2) is 34.8 Å². The summed E-state index contributed by atoms with van der Waals surface area (Å²) in [6, 6.07) is 11.0. The van der Waals surface area contributed by atoms with E-state index in [2.05, 4.69) is 27.3 Å². The van der Waals surface area contributed by atoms with E-state index in [9.17, 15) is 0 Å². The Labute approximate surface area is 130 Å². The van der Waals surface area contributed by atoms with Crippen LogP contribution in [0.2, 0.25) is 0 Å². The number of nitrogen functional groups attached to an aromatic ring is 1. The molecule has 3 N–H and O–H groups in total. The Hall–Kier alpha value is -2.39. The SMILES string of the molecule is N#Cc1ccc(Br)cc1Nc1cc2c(cc1N)OCCO2. The zero-order chi connectivity index (χ0) is 14.8. The molecule has 3 rings (SSSR count). The molecule has 2 aromatic carbocycles. The third kappa shape index (κ3) is 2.73. The molecule has 1 heterocycles.